The Morgan fingerprint density at radius 1 is 1.50 bits per heavy atom. The second-order valence-electron chi connectivity index (χ2n) is 3.68. The lowest BCUT2D eigenvalue weighted by Crippen LogP contribution is -2.03. The Balaban J connectivity index is 2.33. The van der Waals surface area contributed by atoms with Crippen molar-refractivity contribution in [1.29, 1.82) is 0 Å². The molecule has 1 aliphatic carbocycles. The number of hydrogen-bond acceptors (Lipinski definition) is 2. The van der Waals surface area contributed by atoms with Gasteiger partial charge < -0.3 is 10.2 Å². The third-order valence-corrected chi connectivity index (χ3v) is 2.76. The number of hydrogen-bond donors (Lipinski definition) is 2. The molecule has 0 saturated heterocycles. The van der Waals surface area contributed by atoms with E-state index in [1.807, 2.05) is 6.07 Å². The summed E-state index contributed by atoms with van der Waals surface area (Å²) in [5.74, 6) is -0.568. The molecule has 0 radical (unpaired) electrons. The Bertz CT molecular complexity index is 371. The predicted molar refractivity (Wildman–Crippen MR) is 51.4 cm³/mol. The van der Waals surface area contributed by atoms with Gasteiger partial charge in [-0.1, -0.05) is 12.1 Å². The summed E-state index contributed by atoms with van der Waals surface area (Å²) in [7, 11) is 0. The normalized spacial score (nSPS) is 19.3. The Kier molecular flexibility index (Phi) is 2.15. The number of rotatable bonds is 2. The summed E-state index contributed by atoms with van der Waals surface area (Å²) in [4.78, 5) is 10.6. The number of benzene rings is 1. The Morgan fingerprint density at radius 2 is 2.29 bits per heavy atom. The van der Waals surface area contributed by atoms with Crippen LogP contribution >= 0.6 is 0 Å². The van der Waals surface area contributed by atoms with Crippen molar-refractivity contribution in [2.24, 2.45) is 0 Å². The molecule has 74 valence electrons. The highest BCUT2D eigenvalue weighted by molar-refractivity contribution is 5.69. The number of phenolic OH excluding ortho intramolecular Hbond substituents is 1. The van der Waals surface area contributed by atoms with Crippen LogP contribution in [0.3, 0.4) is 0 Å². The minimum atomic E-state index is -0.800. The van der Waals surface area contributed by atoms with E-state index < -0.39 is 5.97 Å². The smallest absolute Gasteiger partial charge is 0.303 e. The minimum absolute atomic E-state index is 0.0105. The molecule has 0 spiro atoms. The molecule has 1 aliphatic rings. The fourth-order valence-corrected chi connectivity index (χ4v) is 2.18. The maximum Gasteiger partial charge on any atom is 0.303 e. The average molecular weight is 192 g/mol. The van der Waals surface area contributed by atoms with Crippen molar-refractivity contribution in [2.75, 3.05) is 0 Å². The summed E-state index contributed by atoms with van der Waals surface area (Å²) in [5.41, 5.74) is 1.94. The van der Waals surface area contributed by atoms with E-state index in [1.54, 1.807) is 12.1 Å². The zero-order valence-corrected chi connectivity index (χ0v) is 7.73. The van der Waals surface area contributed by atoms with Crippen LogP contribution in [0.25, 0.3) is 0 Å². The second-order valence-corrected chi connectivity index (χ2v) is 3.68. The molecule has 14 heavy (non-hydrogen) atoms. The van der Waals surface area contributed by atoms with E-state index in [0.717, 1.165) is 24.0 Å². The first-order valence-corrected chi connectivity index (χ1v) is 4.71. The molecule has 2 N–H and O–H groups in total. The van der Waals surface area contributed by atoms with E-state index in [2.05, 4.69) is 0 Å². The number of aliphatic carboxylic acids is 1. The van der Waals surface area contributed by atoms with Gasteiger partial charge in [-0.15, -0.1) is 0 Å². The molecule has 2 rings (SSSR count). The second kappa shape index (κ2) is 3.33. The van der Waals surface area contributed by atoms with Gasteiger partial charge in [-0.05, 0) is 30.4 Å². The molecule has 0 aromatic heterocycles. The van der Waals surface area contributed by atoms with Gasteiger partial charge >= 0.3 is 5.97 Å². The highest BCUT2D eigenvalue weighted by atomic mass is 16.4. The molecule has 0 heterocycles. The molecule has 1 aromatic rings. The number of fused-ring (bicyclic) bond motifs is 1. The van der Waals surface area contributed by atoms with Crippen LogP contribution in [0.15, 0.2) is 18.2 Å². The molecule has 0 aliphatic heterocycles. The van der Waals surface area contributed by atoms with Gasteiger partial charge in [0.2, 0.25) is 0 Å². The first kappa shape index (κ1) is 9.06. The predicted octanol–water partition coefficient (Wildman–Crippen LogP) is 1.90. The van der Waals surface area contributed by atoms with E-state index in [1.165, 1.54) is 0 Å². The fourth-order valence-electron chi connectivity index (χ4n) is 2.18. The summed E-state index contributed by atoms with van der Waals surface area (Å²) in [6, 6.07) is 5.38. The van der Waals surface area contributed by atoms with Crippen molar-refractivity contribution in [3.63, 3.8) is 0 Å². The van der Waals surface area contributed by atoms with Gasteiger partial charge in [0.05, 0.1) is 6.42 Å². The molecular weight excluding hydrogens is 180 g/mol. The SMILES string of the molecule is O=C(O)CC1CCc2cccc(O)c21. The van der Waals surface area contributed by atoms with Crippen LogP contribution in [-0.4, -0.2) is 16.2 Å². The summed E-state index contributed by atoms with van der Waals surface area (Å²) < 4.78 is 0. The van der Waals surface area contributed by atoms with E-state index in [-0.39, 0.29) is 18.1 Å². The Labute approximate surface area is 82.0 Å². The van der Waals surface area contributed by atoms with Crippen molar-refractivity contribution < 1.29 is 15.0 Å². The molecule has 0 fully saturated rings. The quantitative estimate of drug-likeness (QED) is 0.752. The van der Waals surface area contributed by atoms with Crippen LogP contribution in [0.1, 0.15) is 29.9 Å². The molecule has 1 aromatic carbocycles. The third-order valence-electron chi connectivity index (χ3n) is 2.76. The maximum absolute atomic E-state index is 10.6. The zero-order chi connectivity index (χ0) is 10.1. The van der Waals surface area contributed by atoms with Gasteiger partial charge in [0.25, 0.3) is 0 Å². The van der Waals surface area contributed by atoms with Crippen LogP contribution in [0, 0.1) is 0 Å². The topological polar surface area (TPSA) is 57.5 Å². The first-order chi connectivity index (χ1) is 6.68. The Morgan fingerprint density at radius 3 is 3.00 bits per heavy atom. The lowest BCUT2D eigenvalue weighted by atomic mass is 9.97. The molecule has 1 atom stereocenters. The highest BCUT2D eigenvalue weighted by Crippen LogP contribution is 2.40. The van der Waals surface area contributed by atoms with Crippen molar-refractivity contribution in [1.82, 2.24) is 0 Å². The van der Waals surface area contributed by atoms with Crippen LogP contribution in [0.5, 0.6) is 5.75 Å². The summed E-state index contributed by atoms with van der Waals surface area (Å²) in [5, 5.41) is 18.3. The molecular formula is C11H12O3. The van der Waals surface area contributed by atoms with Crippen LogP contribution in [-0.2, 0) is 11.2 Å². The summed E-state index contributed by atoms with van der Waals surface area (Å²) in [6.45, 7) is 0. The van der Waals surface area contributed by atoms with Crippen molar-refractivity contribution in [2.45, 2.75) is 25.2 Å². The number of carboxylic acid groups (broad SMARTS) is 1. The van der Waals surface area contributed by atoms with Crippen LogP contribution < -0.4 is 0 Å². The standard InChI is InChI=1S/C11H12O3/c12-9-3-1-2-7-4-5-8(11(7)9)6-10(13)14/h1-3,8,12H,4-6H2,(H,13,14). The van der Waals surface area contributed by atoms with E-state index in [0.29, 0.717) is 0 Å². The molecule has 0 bridgehead atoms. The number of carbonyl (C=O) groups is 1. The highest BCUT2D eigenvalue weighted by Gasteiger charge is 2.26. The van der Waals surface area contributed by atoms with Gasteiger partial charge in [0.15, 0.2) is 0 Å². The summed E-state index contributed by atoms with van der Waals surface area (Å²) in [6.07, 6.45) is 1.82. The molecule has 0 amide bonds. The Hall–Kier alpha value is -1.51. The molecule has 1 unspecified atom stereocenters. The number of phenols is 1. The number of aryl methyl sites for hydroxylation is 1. The minimum Gasteiger partial charge on any atom is -0.508 e. The van der Waals surface area contributed by atoms with Crippen molar-refractivity contribution >= 4 is 5.97 Å². The van der Waals surface area contributed by atoms with Gasteiger partial charge in [0, 0.05) is 5.56 Å². The zero-order valence-electron chi connectivity index (χ0n) is 7.73. The third kappa shape index (κ3) is 1.45. The van der Waals surface area contributed by atoms with Crippen LogP contribution in [0.4, 0.5) is 0 Å². The van der Waals surface area contributed by atoms with Gasteiger partial charge in [-0.25, -0.2) is 0 Å². The monoisotopic (exact) mass is 192 g/mol. The largest absolute Gasteiger partial charge is 0.508 e. The molecule has 3 heteroatoms. The molecule has 3 nitrogen and oxygen atoms in total. The number of aromatic hydroxyl groups is 1. The van der Waals surface area contributed by atoms with Gasteiger partial charge in [-0.3, -0.25) is 4.79 Å². The summed E-state index contributed by atoms with van der Waals surface area (Å²) >= 11 is 0. The van der Waals surface area contributed by atoms with E-state index >= 15 is 0 Å². The van der Waals surface area contributed by atoms with Gasteiger partial charge in [-0.2, -0.15) is 0 Å². The lowest BCUT2D eigenvalue weighted by molar-refractivity contribution is -0.137. The first-order valence-electron chi connectivity index (χ1n) is 4.71. The maximum atomic E-state index is 10.6. The van der Waals surface area contributed by atoms with Crippen molar-refractivity contribution in [3.8, 4) is 5.75 Å². The van der Waals surface area contributed by atoms with E-state index in [9.17, 15) is 9.90 Å². The fraction of sp³-hybridized carbons (Fsp3) is 0.364. The average Bonchev–Trinajstić information content (AvgIpc) is 2.49. The van der Waals surface area contributed by atoms with Gasteiger partial charge in [0.1, 0.15) is 5.75 Å². The van der Waals surface area contributed by atoms with Crippen molar-refractivity contribution in [3.05, 3.63) is 29.3 Å². The molecule has 0 saturated carbocycles. The lowest BCUT2D eigenvalue weighted by Gasteiger charge is -2.09. The van der Waals surface area contributed by atoms with Crippen LogP contribution in [0.2, 0.25) is 0 Å². The van der Waals surface area contributed by atoms with E-state index in [4.69, 9.17) is 5.11 Å². The number of carboxylic acids is 1.